The zero-order valence-corrected chi connectivity index (χ0v) is 13.0. The lowest BCUT2D eigenvalue weighted by molar-refractivity contribution is -0.0117. The molecule has 1 saturated heterocycles. The number of benzene rings is 1. The van der Waals surface area contributed by atoms with Crippen molar-refractivity contribution in [2.24, 2.45) is 0 Å². The number of nitrogens with zero attached hydrogens (tertiary/aromatic N) is 1. The molecule has 112 valence electrons. The number of rotatable bonds is 5. The van der Waals surface area contributed by atoms with Gasteiger partial charge in [0.25, 0.3) is 0 Å². The number of aliphatic hydroxyl groups is 1. The lowest BCUT2D eigenvalue weighted by Crippen LogP contribution is -2.53. The summed E-state index contributed by atoms with van der Waals surface area (Å²) < 4.78 is 13.2. The van der Waals surface area contributed by atoms with Crippen molar-refractivity contribution in [1.82, 2.24) is 4.90 Å². The van der Waals surface area contributed by atoms with E-state index >= 15 is 0 Å². The predicted octanol–water partition coefficient (Wildman–Crippen LogP) is 3.65. The topological polar surface area (TPSA) is 23.5 Å². The Kier molecular flexibility index (Phi) is 5.05. The number of hydrogen-bond donors (Lipinski definition) is 1. The third-order valence-corrected chi connectivity index (χ3v) is 4.96. The lowest BCUT2D eigenvalue weighted by Gasteiger charge is -2.42. The molecule has 4 heteroatoms. The van der Waals surface area contributed by atoms with Gasteiger partial charge in [-0.3, -0.25) is 4.90 Å². The predicted molar refractivity (Wildman–Crippen MR) is 80.6 cm³/mol. The quantitative estimate of drug-likeness (QED) is 0.897. The van der Waals surface area contributed by atoms with E-state index in [-0.39, 0.29) is 10.6 Å². The molecule has 2 nitrogen and oxygen atoms in total. The van der Waals surface area contributed by atoms with E-state index < -0.39 is 11.9 Å². The Labute approximate surface area is 125 Å². The van der Waals surface area contributed by atoms with Crippen LogP contribution in [0.5, 0.6) is 0 Å². The monoisotopic (exact) mass is 299 g/mol. The van der Waals surface area contributed by atoms with Gasteiger partial charge in [0.1, 0.15) is 5.82 Å². The van der Waals surface area contributed by atoms with Gasteiger partial charge in [0.15, 0.2) is 0 Å². The Hall–Kier alpha value is -0.640. The Morgan fingerprint density at radius 1 is 1.40 bits per heavy atom. The molecule has 1 fully saturated rings. The summed E-state index contributed by atoms with van der Waals surface area (Å²) in [6, 6.07) is 4.67. The second-order valence-electron chi connectivity index (χ2n) is 5.87. The molecule has 1 aromatic rings. The second-order valence-corrected chi connectivity index (χ2v) is 6.28. The molecule has 0 amide bonds. The van der Waals surface area contributed by atoms with Crippen LogP contribution in [-0.4, -0.2) is 34.7 Å². The molecule has 0 bridgehead atoms. The molecule has 0 aromatic heterocycles. The molecule has 2 atom stereocenters. The van der Waals surface area contributed by atoms with Gasteiger partial charge < -0.3 is 5.11 Å². The van der Waals surface area contributed by atoms with E-state index in [1.807, 2.05) is 0 Å². The molecule has 1 aromatic carbocycles. The van der Waals surface area contributed by atoms with Crippen LogP contribution in [0, 0.1) is 5.82 Å². The molecule has 20 heavy (non-hydrogen) atoms. The van der Waals surface area contributed by atoms with E-state index in [1.54, 1.807) is 12.1 Å². The van der Waals surface area contributed by atoms with Crippen molar-refractivity contribution in [3.63, 3.8) is 0 Å². The fourth-order valence-electron chi connectivity index (χ4n) is 3.01. The van der Waals surface area contributed by atoms with E-state index in [2.05, 4.69) is 18.7 Å². The Morgan fingerprint density at radius 2 is 2.05 bits per heavy atom. The van der Waals surface area contributed by atoms with Crippen molar-refractivity contribution in [3.05, 3.63) is 34.6 Å². The zero-order valence-electron chi connectivity index (χ0n) is 12.2. The van der Waals surface area contributed by atoms with E-state index in [0.717, 1.165) is 25.1 Å². The summed E-state index contributed by atoms with van der Waals surface area (Å²) >= 11 is 5.81. The van der Waals surface area contributed by atoms with Crippen molar-refractivity contribution in [1.29, 1.82) is 0 Å². The summed E-state index contributed by atoms with van der Waals surface area (Å²) in [5, 5.41) is 10.8. The Bertz CT molecular complexity index is 462. The molecule has 0 saturated carbocycles. The van der Waals surface area contributed by atoms with Gasteiger partial charge in [0.05, 0.1) is 11.1 Å². The minimum absolute atomic E-state index is 0.120. The molecule has 0 aliphatic carbocycles. The SMILES string of the molecule is CCC(C)(C(O)Cc1ccc(F)c(Cl)c1)N1CCCC1. The van der Waals surface area contributed by atoms with Crippen LogP contribution in [0.4, 0.5) is 4.39 Å². The Balaban J connectivity index is 2.12. The van der Waals surface area contributed by atoms with Crippen LogP contribution in [0.25, 0.3) is 0 Å². The summed E-state index contributed by atoms with van der Waals surface area (Å²) in [5.74, 6) is -0.414. The largest absolute Gasteiger partial charge is 0.391 e. The number of hydrogen-bond acceptors (Lipinski definition) is 2. The van der Waals surface area contributed by atoms with Crippen LogP contribution in [0.3, 0.4) is 0 Å². The van der Waals surface area contributed by atoms with Gasteiger partial charge in [-0.25, -0.2) is 4.39 Å². The van der Waals surface area contributed by atoms with Gasteiger partial charge in [0, 0.05) is 12.0 Å². The third kappa shape index (κ3) is 3.16. The smallest absolute Gasteiger partial charge is 0.141 e. The van der Waals surface area contributed by atoms with Gasteiger partial charge in [-0.05, 0) is 57.0 Å². The standard InChI is InChI=1S/C16H23ClFNO/c1-3-16(2,19-8-4-5-9-19)15(20)11-12-6-7-14(18)13(17)10-12/h6-7,10,15,20H,3-5,8-9,11H2,1-2H3. The van der Waals surface area contributed by atoms with Crippen LogP contribution in [0.1, 0.15) is 38.7 Å². The minimum Gasteiger partial charge on any atom is -0.391 e. The number of aliphatic hydroxyl groups excluding tert-OH is 1. The highest BCUT2D eigenvalue weighted by Crippen LogP contribution is 2.30. The molecule has 0 radical (unpaired) electrons. The second kappa shape index (κ2) is 6.42. The van der Waals surface area contributed by atoms with Crippen molar-refractivity contribution in [3.8, 4) is 0 Å². The summed E-state index contributed by atoms with van der Waals surface area (Å²) in [7, 11) is 0. The van der Waals surface area contributed by atoms with Crippen LogP contribution in [-0.2, 0) is 6.42 Å². The van der Waals surface area contributed by atoms with E-state index in [4.69, 9.17) is 11.6 Å². The van der Waals surface area contributed by atoms with Gasteiger partial charge >= 0.3 is 0 Å². The summed E-state index contributed by atoms with van der Waals surface area (Å²) in [6.07, 6.45) is 3.31. The Morgan fingerprint density at radius 3 is 2.60 bits per heavy atom. The van der Waals surface area contributed by atoms with Crippen molar-refractivity contribution in [2.75, 3.05) is 13.1 Å². The minimum atomic E-state index is -0.480. The molecular weight excluding hydrogens is 277 g/mol. The third-order valence-electron chi connectivity index (χ3n) is 4.68. The van der Waals surface area contributed by atoms with Crippen molar-refractivity contribution in [2.45, 2.75) is 51.2 Å². The average Bonchev–Trinajstić information content (AvgIpc) is 2.96. The van der Waals surface area contributed by atoms with E-state index in [9.17, 15) is 9.50 Å². The summed E-state index contributed by atoms with van der Waals surface area (Å²) in [4.78, 5) is 2.38. The average molecular weight is 300 g/mol. The molecule has 1 heterocycles. The first-order chi connectivity index (χ1) is 9.47. The molecule has 0 spiro atoms. The first-order valence-corrected chi connectivity index (χ1v) is 7.72. The highest BCUT2D eigenvalue weighted by molar-refractivity contribution is 6.30. The highest BCUT2D eigenvalue weighted by Gasteiger charge is 2.38. The molecule has 1 aliphatic heterocycles. The molecule has 1 N–H and O–H groups in total. The zero-order chi connectivity index (χ0) is 14.8. The maximum absolute atomic E-state index is 13.2. The van der Waals surface area contributed by atoms with E-state index in [0.29, 0.717) is 6.42 Å². The molecular formula is C16H23ClFNO. The summed E-state index contributed by atoms with van der Waals surface area (Å²) in [5.41, 5.74) is 0.653. The maximum Gasteiger partial charge on any atom is 0.141 e. The van der Waals surface area contributed by atoms with Crippen LogP contribution >= 0.6 is 11.6 Å². The lowest BCUT2D eigenvalue weighted by atomic mass is 9.86. The normalized spacial score (nSPS) is 20.9. The molecule has 2 rings (SSSR count). The first-order valence-electron chi connectivity index (χ1n) is 7.34. The van der Waals surface area contributed by atoms with Gasteiger partial charge in [-0.2, -0.15) is 0 Å². The fourth-order valence-corrected chi connectivity index (χ4v) is 3.21. The highest BCUT2D eigenvalue weighted by atomic mass is 35.5. The van der Waals surface area contributed by atoms with Crippen molar-refractivity contribution >= 4 is 11.6 Å². The number of likely N-dealkylation sites (tertiary alicyclic amines) is 1. The van der Waals surface area contributed by atoms with Crippen molar-refractivity contribution < 1.29 is 9.50 Å². The molecule has 1 aliphatic rings. The van der Waals surface area contributed by atoms with Gasteiger partial charge in [-0.15, -0.1) is 0 Å². The van der Waals surface area contributed by atoms with Crippen LogP contribution < -0.4 is 0 Å². The first kappa shape index (κ1) is 15.7. The number of halogens is 2. The fraction of sp³-hybridized carbons (Fsp3) is 0.625. The summed E-state index contributed by atoms with van der Waals surface area (Å²) in [6.45, 7) is 6.32. The van der Waals surface area contributed by atoms with Gasteiger partial charge in [-0.1, -0.05) is 24.6 Å². The molecule has 2 unspecified atom stereocenters. The van der Waals surface area contributed by atoms with Crippen LogP contribution in [0.15, 0.2) is 18.2 Å². The van der Waals surface area contributed by atoms with E-state index in [1.165, 1.54) is 18.9 Å². The van der Waals surface area contributed by atoms with Gasteiger partial charge in [0.2, 0.25) is 0 Å². The van der Waals surface area contributed by atoms with Crippen LogP contribution in [0.2, 0.25) is 5.02 Å². The maximum atomic E-state index is 13.2.